The van der Waals surface area contributed by atoms with Gasteiger partial charge in [0.15, 0.2) is 5.78 Å². The van der Waals surface area contributed by atoms with Crippen LogP contribution >= 0.6 is 0 Å². The van der Waals surface area contributed by atoms with Gasteiger partial charge in [-0.1, -0.05) is 135 Å². The summed E-state index contributed by atoms with van der Waals surface area (Å²) in [7, 11) is 3.17. The van der Waals surface area contributed by atoms with Crippen LogP contribution in [0.3, 0.4) is 0 Å². The van der Waals surface area contributed by atoms with Crippen molar-refractivity contribution in [2.75, 3.05) is 34.0 Å². The molecule has 2 atom stereocenters. The number of alkyl carbamates (subject to hydrolysis) is 1. The number of ether oxygens (including phenoxy) is 4. The van der Waals surface area contributed by atoms with Gasteiger partial charge in [-0.05, 0) is 70.1 Å². The predicted molar refractivity (Wildman–Crippen MR) is 225 cm³/mol. The van der Waals surface area contributed by atoms with Gasteiger partial charge in [0.05, 0.1) is 32.8 Å². The molecule has 0 heterocycles. The highest BCUT2D eigenvalue weighted by molar-refractivity contribution is 5.82. The third-order valence-corrected chi connectivity index (χ3v) is 10.0. The van der Waals surface area contributed by atoms with Crippen LogP contribution in [-0.2, 0) is 9.53 Å². The fraction of sp³-hybridized carbons (Fsp3) is 0.224. The van der Waals surface area contributed by atoms with Crippen molar-refractivity contribution in [1.82, 2.24) is 10.6 Å². The average molecular weight is 763 g/mol. The van der Waals surface area contributed by atoms with Crippen LogP contribution in [0.4, 0.5) is 4.79 Å². The largest absolute Gasteiger partial charge is 0.497 e. The summed E-state index contributed by atoms with van der Waals surface area (Å²) >= 11 is 0. The quantitative estimate of drug-likeness (QED) is 0.108. The normalized spacial score (nSPS) is 12.5. The molecule has 2 unspecified atom stereocenters. The van der Waals surface area contributed by atoms with Gasteiger partial charge in [0.25, 0.3) is 0 Å². The summed E-state index contributed by atoms with van der Waals surface area (Å²) in [6, 6.07) is 46.8. The first-order chi connectivity index (χ1) is 27.9. The number of benzene rings is 6. The molecular formula is C49H50N2O6. The van der Waals surface area contributed by atoms with E-state index >= 15 is 0 Å². The van der Waals surface area contributed by atoms with Crippen LogP contribution in [0.15, 0.2) is 146 Å². The Labute approximate surface area is 335 Å². The minimum Gasteiger partial charge on any atom is -0.497 e. The van der Waals surface area contributed by atoms with Gasteiger partial charge in [-0.25, -0.2) is 4.79 Å². The molecule has 1 aliphatic carbocycles. The van der Waals surface area contributed by atoms with Crippen molar-refractivity contribution in [3.8, 4) is 28.4 Å². The van der Waals surface area contributed by atoms with Crippen molar-refractivity contribution in [3.05, 3.63) is 185 Å². The van der Waals surface area contributed by atoms with Crippen LogP contribution < -0.4 is 24.8 Å². The Morgan fingerprint density at radius 2 is 1.19 bits per heavy atom. The Bertz CT molecular complexity index is 2190. The maximum Gasteiger partial charge on any atom is 0.407 e. The molecule has 292 valence electrons. The maximum absolute atomic E-state index is 13.6. The van der Waals surface area contributed by atoms with Gasteiger partial charge in [0, 0.05) is 17.5 Å². The molecule has 0 spiro atoms. The monoisotopic (exact) mass is 762 g/mol. The molecule has 2 N–H and O–H groups in total. The Hall–Kier alpha value is -6.38. The molecule has 6 aromatic carbocycles. The van der Waals surface area contributed by atoms with Gasteiger partial charge >= 0.3 is 6.09 Å². The first-order valence-corrected chi connectivity index (χ1v) is 19.3. The van der Waals surface area contributed by atoms with Crippen LogP contribution in [0, 0.1) is 6.92 Å². The minimum atomic E-state index is -0.631. The summed E-state index contributed by atoms with van der Waals surface area (Å²) in [6.45, 7) is 6.27. The number of fused-ring (bicyclic) bond motifs is 3. The Kier molecular flexibility index (Phi) is 13.8. The van der Waals surface area contributed by atoms with E-state index in [1.807, 2.05) is 80.6 Å². The highest BCUT2D eigenvalue weighted by Crippen LogP contribution is 2.44. The van der Waals surface area contributed by atoms with Crippen molar-refractivity contribution >= 4 is 11.9 Å². The number of ketones is 1. The van der Waals surface area contributed by atoms with Gasteiger partial charge in [-0.2, -0.15) is 0 Å². The summed E-state index contributed by atoms with van der Waals surface area (Å²) < 4.78 is 23.0. The first-order valence-electron chi connectivity index (χ1n) is 19.3. The lowest BCUT2D eigenvalue weighted by molar-refractivity contribution is -0.120. The summed E-state index contributed by atoms with van der Waals surface area (Å²) in [4.78, 5) is 26.6. The van der Waals surface area contributed by atoms with Crippen molar-refractivity contribution in [2.45, 2.75) is 38.8 Å². The van der Waals surface area contributed by atoms with E-state index < -0.39 is 12.1 Å². The zero-order valence-electron chi connectivity index (χ0n) is 33.2. The Morgan fingerprint density at radius 1 is 0.632 bits per heavy atom. The second-order valence-corrected chi connectivity index (χ2v) is 13.5. The number of hydrogen-bond donors (Lipinski definition) is 2. The SMILES string of the molecule is CC.COc1ccc(C(NC(=O)OCC2c3ccccc3-c3ccccc32)c2ccc(OCC(=O)CNC(c3ccccc3)c3ccc(C)cc3)cc2)c(OC)c1. The number of amides is 1. The maximum atomic E-state index is 13.6. The third-order valence-electron chi connectivity index (χ3n) is 10.0. The molecule has 8 heteroatoms. The van der Waals surface area contributed by atoms with Crippen molar-refractivity contribution in [1.29, 1.82) is 0 Å². The number of aryl methyl sites for hydroxylation is 1. The van der Waals surface area contributed by atoms with Crippen LogP contribution in [-0.4, -0.2) is 45.9 Å². The van der Waals surface area contributed by atoms with Crippen molar-refractivity contribution < 1.29 is 28.5 Å². The average Bonchev–Trinajstić information content (AvgIpc) is 3.59. The van der Waals surface area contributed by atoms with E-state index in [0.717, 1.165) is 38.9 Å². The molecule has 0 saturated heterocycles. The second kappa shape index (κ2) is 19.5. The van der Waals surface area contributed by atoms with E-state index in [1.54, 1.807) is 32.4 Å². The fourth-order valence-corrected chi connectivity index (χ4v) is 7.18. The topological polar surface area (TPSA) is 95.1 Å². The third kappa shape index (κ3) is 9.72. The Morgan fingerprint density at radius 3 is 1.82 bits per heavy atom. The molecule has 0 fully saturated rings. The number of methoxy groups -OCH3 is 2. The minimum absolute atomic E-state index is 0.0757. The van der Waals surface area contributed by atoms with Gasteiger partial charge in [-0.15, -0.1) is 0 Å². The Balaban J connectivity index is 0.00000270. The lowest BCUT2D eigenvalue weighted by atomic mass is 9.97. The molecule has 0 bridgehead atoms. The molecule has 1 aliphatic rings. The number of carbonyl (C=O) groups excluding carboxylic acids is 2. The molecular weight excluding hydrogens is 713 g/mol. The summed E-state index contributed by atoms with van der Waals surface area (Å²) in [6.07, 6.45) is -0.567. The number of carbonyl (C=O) groups is 2. The van der Waals surface area contributed by atoms with Crippen LogP contribution in [0.2, 0.25) is 0 Å². The number of Topliss-reactive ketones (excluding diaryl/α,β-unsaturated/α-hetero) is 1. The standard InChI is InChI=1S/C47H44N2O6.C2H6/c1-31-17-19-33(20-18-31)45(32-11-5-4-6-12-32)48-28-35(50)29-54-36-23-21-34(22-24-36)46(42-26-25-37(52-2)27-44(42)53-3)49-47(51)55-30-43-40-15-9-7-13-38(40)39-14-8-10-16-41(39)43;1-2/h4-27,43,45-46,48H,28-30H2,1-3H3,(H,49,51);1-2H3. The zero-order valence-corrected chi connectivity index (χ0v) is 33.2. The molecule has 7 rings (SSSR count). The molecule has 0 saturated carbocycles. The number of hydrogen-bond acceptors (Lipinski definition) is 7. The highest BCUT2D eigenvalue weighted by Gasteiger charge is 2.30. The molecule has 57 heavy (non-hydrogen) atoms. The predicted octanol–water partition coefficient (Wildman–Crippen LogP) is 9.99. The van der Waals surface area contributed by atoms with E-state index in [9.17, 15) is 9.59 Å². The van der Waals surface area contributed by atoms with Crippen molar-refractivity contribution in [2.24, 2.45) is 0 Å². The highest BCUT2D eigenvalue weighted by atomic mass is 16.5. The molecule has 1 amide bonds. The van der Waals surface area contributed by atoms with E-state index in [2.05, 4.69) is 78.2 Å². The van der Waals surface area contributed by atoms with E-state index in [1.165, 1.54) is 5.56 Å². The summed E-state index contributed by atoms with van der Waals surface area (Å²) in [5, 5.41) is 6.50. The number of rotatable bonds is 15. The zero-order chi connectivity index (χ0) is 40.1. The van der Waals surface area contributed by atoms with Crippen LogP contribution in [0.1, 0.15) is 70.8 Å². The van der Waals surface area contributed by atoms with Crippen molar-refractivity contribution in [3.63, 3.8) is 0 Å². The second-order valence-electron chi connectivity index (χ2n) is 13.5. The first kappa shape index (κ1) is 40.3. The van der Waals surface area contributed by atoms with Crippen LogP contribution in [0.25, 0.3) is 11.1 Å². The van der Waals surface area contributed by atoms with E-state index in [4.69, 9.17) is 18.9 Å². The fourth-order valence-electron chi connectivity index (χ4n) is 7.18. The van der Waals surface area contributed by atoms with Gasteiger partial charge in [0.1, 0.15) is 30.5 Å². The molecule has 8 nitrogen and oxygen atoms in total. The molecule has 0 radical (unpaired) electrons. The molecule has 0 aliphatic heterocycles. The van der Waals surface area contributed by atoms with E-state index in [-0.39, 0.29) is 37.5 Å². The van der Waals surface area contributed by atoms with Crippen LogP contribution in [0.5, 0.6) is 17.2 Å². The molecule has 0 aromatic heterocycles. The smallest absolute Gasteiger partial charge is 0.407 e. The summed E-state index contributed by atoms with van der Waals surface area (Å²) in [5.74, 6) is 1.53. The van der Waals surface area contributed by atoms with Gasteiger partial charge < -0.3 is 24.3 Å². The van der Waals surface area contributed by atoms with Gasteiger partial charge in [0.2, 0.25) is 0 Å². The number of nitrogens with one attached hydrogen (secondary N) is 2. The van der Waals surface area contributed by atoms with Gasteiger partial charge in [-0.3, -0.25) is 10.1 Å². The molecule has 6 aromatic rings. The van der Waals surface area contributed by atoms with E-state index in [0.29, 0.717) is 22.8 Å². The lowest BCUT2D eigenvalue weighted by Gasteiger charge is -2.23. The lowest BCUT2D eigenvalue weighted by Crippen LogP contribution is -2.31. The summed E-state index contributed by atoms with van der Waals surface area (Å²) in [5.41, 5.74) is 9.40.